The summed E-state index contributed by atoms with van der Waals surface area (Å²) in [6, 6.07) is 14.2. The number of ether oxygens (including phenoxy) is 3. The Morgan fingerprint density at radius 1 is 0.960 bits per heavy atom. The van der Waals surface area contributed by atoms with Gasteiger partial charge >= 0.3 is 12.2 Å². The first-order valence-corrected chi connectivity index (χ1v) is 18.6. The van der Waals surface area contributed by atoms with Crippen molar-refractivity contribution in [1.82, 2.24) is 29.3 Å². The maximum absolute atomic E-state index is 13.0. The number of aromatic nitrogens is 4. The molecule has 3 fully saturated rings. The molecular formula is C38H48N6O5S. The summed E-state index contributed by atoms with van der Waals surface area (Å²) >= 11 is 1.82. The highest BCUT2D eigenvalue weighted by Gasteiger charge is 2.65. The maximum Gasteiger partial charge on any atom is 0.411 e. The quantitative estimate of drug-likeness (QED) is 0.191. The van der Waals surface area contributed by atoms with E-state index in [4.69, 9.17) is 19.2 Å². The fourth-order valence-electron chi connectivity index (χ4n) is 7.12. The number of benzene rings is 2. The minimum absolute atomic E-state index is 0.0435. The van der Waals surface area contributed by atoms with E-state index in [0.29, 0.717) is 19.7 Å². The number of likely N-dealkylation sites (tertiary alicyclic amines) is 2. The highest BCUT2D eigenvalue weighted by Crippen LogP contribution is 2.67. The van der Waals surface area contributed by atoms with Gasteiger partial charge in [-0.2, -0.15) is 0 Å². The molecule has 7 rings (SSSR count). The van der Waals surface area contributed by atoms with Crippen molar-refractivity contribution in [3.63, 3.8) is 0 Å². The molecule has 3 aliphatic heterocycles. The number of nitrogens with one attached hydrogen (secondary N) is 1. The lowest BCUT2D eigenvalue weighted by Gasteiger charge is -2.32. The molecule has 3 unspecified atom stereocenters. The number of piperidine rings is 1. The molecule has 0 spiro atoms. The molecule has 2 aromatic heterocycles. The van der Waals surface area contributed by atoms with Gasteiger partial charge in [0, 0.05) is 19.6 Å². The third-order valence-corrected chi connectivity index (χ3v) is 11.0. The van der Waals surface area contributed by atoms with Crippen molar-refractivity contribution >= 4 is 35.0 Å². The smallest absolute Gasteiger partial charge is 0.411 e. The number of rotatable bonds is 7. The van der Waals surface area contributed by atoms with Gasteiger partial charge in [0.15, 0.2) is 0 Å². The van der Waals surface area contributed by atoms with Gasteiger partial charge in [0.05, 0.1) is 29.0 Å². The number of fused-ring (bicyclic) bond motifs is 2. The van der Waals surface area contributed by atoms with Crippen molar-refractivity contribution in [2.45, 2.75) is 115 Å². The number of aromatic amines is 1. The monoisotopic (exact) mass is 700 g/mol. The van der Waals surface area contributed by atoms with Crippen molar-refractivity contribution in [2.24, 2.45) is 0 Å². The van der Waals surface area contributed by atoms with Crippen LogP contribution in [0.5, 0.6) is 5.75 Å². The second-order valence-electron chi connectivity index (χ2n) is 15.5. The van der Waals surface area contributed by atoms with Crippen molar-refractivity contribution in [2.75, 3.05) is 13.1 Å². The number of carbonyl (C=O) groups excluding carboxylic acids is 2. The summed E-state index contributed by atoms with van der Waals surface area (Å²) < 4.78 is 19.7. The summed E-state index contributed by atoms with van der Waals surface area (Å²) in [5.41, 5.74) is 3.90. The van der Waals surface area contributed by atoms with Crippen LogP contribution in [0.15, 0.2) is 48.7 Å². The van der Waals surface area contributed by atoms with Gasteiger partial charge in [0.1, 0.15) is 45.3 Å². The van der Waals surface area contributed by atoms with E-state index < -0.39 is 11.2 Å². The van der Waals surface area contributed by atoms with Gasteiger partial charge < -0.3 is 23.8 Å². The van der Waals surface area contributed by atoms with Crippen LogP contribution in [0.1, 0.15) is 97.4 Å². The Morgan fingerprint density at radius 3 is 2.36 bits per heavy atom. The van der Waals surface area contributed by atoms with E-state index in [0.717, 1.165) is 77.5 Å². The second kappa shape index (κ2) is 12.9. The Labute approximate surface area is 298 Å². The third kappa shape index (κ3) is 6.78. The topological polar surface area (TPSA) is 115 Å². The Balaban J connectivity index is 1.01. The van der Waals surface area contributed by atoms with Crippen molar-refractivity contribution < 1.29 is 23.8 Å². The second-order valence-corrected chi connectivity index (χ2v) is 16.9. The molecule has 0 bridgehead atoms. The number of thioether (sulfide) groups is 1. The first-order chi connectivity index (χ1) is 23.7. The molecule has 3 aliphatic rings. The summed E-state index contributed by atoms with van der Waals surface area (Å²) in [7, 11) is 0. The van der Waals surface area contributed by atoms with Gasteiger partial charge in [-0.15, -0.1) is 11.8 Å². The van der Waals surface area contributed by atoms with E-state index >= 15 is 0 Å². The molecule has 1 N–H and O–H groups in total. The standard InChI is InChI=1S/C38H48N6O5S/c1-8-42-30-21-24(12-17-27(30)41-32(42)38-18-10-20-44(33(38)50-38)35(46)49-37(5,6)7)23-47-26-15-13-25(14-16-26)28-22-39-31(40-28)29-11-9-19-43(29)34(45)48-36(2,3)4/h12-17,21-22,29,33H,8-11,18-20,23H2,1-7H3,(H,39,40). The predicted octanol–water partition coefficient (Wildman–Crippen LogP) is 8.40. The number of nitrogens with zero attached hydrogens (tertiary/aromatic N) is 5. The number of imidazole rings is 2. The van der Waals surface area contributed by atoms with Crippen LogP contribution in [-0.2, 0) is 27.4 Å². The zero-order chi connectivity index (χ0) is 35.4. The number of amides is 2. The molecule has 2 aromatic carbocycles. The molecule has 5 heterocycles. The molecule has 0 aliphatic carbocycles. The third-order valence-electron chi connectivity index (χ3n) is 9.39. The molecule has 11 nitrogen and oxygen atoms in total. The minimum atomic E-state index is -0.542. The van der Waals surface area contributed by atoms with E-state index in [1.165, 1.54) is 0 Å². The minimum Gasteiger partial charge on any atom is -0.489 e. The van der Waals surface area contributed by atoms with Crippen LogP contribution in [0.4, 0.5) is 9.59 Å². The largest absolute Gasteiger partial charge is 0.489 e. The van der Waals surface area contributed by atoms with Gasteiger partial charge in [-0.25, -0.2) is 19.6 Å². The van der Waals surface area contributed by atoms with Gasteiger partial charge in [0.25, 0.3) is 0 Å². The number of hydrogen-bond acceptors (Lipinski definition) is 8. The molecule has 0 saturated carbocycles. The van der Waals surface area contributed by atoms with Gasteiger partial charge in [0.2, 0.25) is 0 Å². The van der Waals surface area contributed by atoms with Crippen LogP contribution >= 0.6 is 11.8 Å². The van der Waals surface area contributed by atoms with Gasteiger partial charge in [-0.05, 0) is 122 Å². The molecule has 4 aromatic rings. The lowest BCUT2D eigenvalue weighted by atomic mass is 9.97. The molecular weight excluding hydrogens is 653 g/mol. The lowest BCUT2D eigenvalue weighted by molar-refractivity contribution is 0.0184. The average Bonchev–Trinajstić information content (AvgIpc) is 3.39. The molecule has 266 valence electrons. The Kier molecular flexibility index (Phi) is 8.81. The Morgan fingerprint density at radius 2 is 1.66 bits per heavy atom. The molecule has 0 radical (unpaired) electrons. The van der Waals surface area contributed by atoms with E-state index in [-0.39, 0.29) is 28.3 Å². The molecule has 3 atom stereocenters. The Hall–Kier alpha value is -4.19. The molecule has 12 heteroatoms. The van der Waals surface area contributed by atoms with Crippen molar-refractivity contribution in [3.8, 4) is 17.0 Å². The zero-order valence-corrected chi connectivity index (χ0v) is 30.9. The first-order valence-electron chi connectivity index (χ1n) is 17.7. The predicted molar refractivity (Wildman–Crippen MR) is 194 cm³/mol. The average molecular weight is 701 g/mol. The summed E-state index contributed by atoms with van der Waals surface area (Å²) in [6.45, 7) is 16.1. The molecule has 3 saturated heterocycles. The van der Waals surface area contributed by atoms with Gasteiger partial charge in [-0.1, -0.05) is 6.07 Å². The number of H-pyrrole nitrogens is 1. The fourth-order valence-corrected chi connectivity index (χ4v) is 8.64. The number of carbonyl (C=O) groups is 2. The highest BCUT2D eigenvalue weighted by atomic mass is 32.2. The summed E-state index contributed by atoms with van der Waals surface area (Å²) in [4.78, 5) is 42.7. The SMILES string of the molecule is CCn1c(C23CCCN(C(=O)OC(C)(C)C)C2S3)nc2ccc(COc3ccc(-c4cnc(C5CCCN5C(=O)OC(C)(C)C)[nH]4)cc3)cc21. The van der Waals surface area contributed by atoms with Crippen LogP contribution in [0.25, 0.3) is 22.3 Å². The fraction of sp³-hybridized carbons (Fsp3) is 0.526. The van der Waals surface area contributed by atoms with Gasteiger partial charge in [-0.3, -0.25) is 9.80 Å². The summed E-state index contributed by atoms with van der Waals surface area (Å²) in [5, 5.41) is 0.0435. The normalized spacial score (nSPS) is 22.1. The number of hydrogen-bond donors (Lipinski definition) is 1. The molecule has 50 heavy (non-hydrogen) atoms. The van der Waals surface area contributed by atoms with E-state index in [1.54, 1.807) is 4.90 Å². The van der Waals surface area contributed by atoms with Crippen LogP contribution in [-0.4, -0.2) is 71.2 Å². The molecule has 2 amide bonds. The summed E-state index contributed by atoms with van der Waals surface area (Å²) in [5.74, 6) is 2.58. The van der Waals surface area contributed by atoms with Crippen LogP contribution in [0, 0.1) is 0 Å². The van der Waals surface area contributed by atoms with Crippen LogP contribution < -0.4 is 4.74 Å². The lowest BCUT2D eigenvalue weighted by Crippen LogP contribution is -2.44. The van der Waals surface area contributed by atoms with Crippen LogP contribution in [0.2, 0.25) is 0 Å². The highest BCUT2D eigenvalue weighted by molar-refractivity contribution is 8.08. The van der Waals surface area contributed by atoms with E-state index in [9.17, 15) is 9.59 Å². The number of aryl methyl sites for hydroxylation is 1. The van der Waals surface area contributed by atoms with Crippen molar-refractivity contribution in [3.05, 3.63) is 65.9 Å². The Bertz CT molecular complexity index is 1890. The van der Waals surface area contributed by atoms with Crippen molar-refractivity contribution in [1.29, 1.82) is 0 Å². The van der Waals surface area contributed by atoms with Crippen LogP contribution in [0.3, 0.4) is 0 Å². The first kappa shape index (κ1) is 34.3. The summed E-state index contributed by atoms with van der Waals surface area (Å²) in [6.07, 6.45) is 4.94. The maximum atomic E-state index is 13.0. The van der Waals surface area contributed by atoms with E-state index in [1.807, 2.05) is 88.7 Å². The zero-order valence-electron chi connectivity index (χ0n) is 30.1. The van der Waals surface area contributed by atoms with E-state index in [2.05, 4.69) is 39.7 Å².